The molecule has 0 radical (unpaired) electrons. The van der Waals surface area contributed by atoms with Crippen molar-refractivity contribution in [3.63, 3.8) is 0 Å². The van der Waals surface area contributed by atoms with E-state index in [9.17, 15) is 4.79 Å². The topological polar surface area (TPSA) is 41.1 Å². The number of carbonyl (C=O) groups excluding carboxylic acids is 1. The number of benzene rings is 2. The Morgan fingerprint density at radius 1 is 1.12 bits per heavy atom. The second-order valence-electron chi connectivity index (χ2n) is 4.06. The molecule has 0 heterocycles. The van der Waals surface area contributed by atoms with Crippen molar-refractivity contribution < 1.29 is 4.79 Å². The van der Waals surface area contributed by atoms with Gasteiger partial charge in [0.05, 0.1) is 6.04 Å². The molecule has 0 saturated heterocycles. The van der Waals surface area contributed by atoms with E-state index in [1.807, 2.05) is 43.3 Å². The zero-order valence-electron chi connectivity index (χ0n) is 10.0. The molecule has 0 aliphatic carbocycles. The molecule has 0 spiro atoms. The monoisotopic (exact) mass is 228 g/mol. The van der Waals surface area contributed by atoms with Crippen LogP contribution in [0.1, 0.15) is 6.92 Å². The summed E-state index contributed by atoms with van der Waals surface area (Å²) in [7, 11) is 1.77. The van der Waals surface area contributed by atoms with Gasteiger partial charge in [-0.2, -0.15) is 0 Å². The van der Waals surface area contributed by atoms with Gasteiger partial charge in [0.25, 0.3) is 0 Å². The second-order valence-corrected chi connectivity index (χ2v) is 4.06. The second kappa shape index (κ2) is 4.97. The number of carbonyl (C=O) groups is 1. The lowest BCUT2D eigenvalue weighted by Gasteiger charge is -2.11. The highest BCUT2D eigenvalue weighted by atomic mass is 16.2. The summed E-state index contributed by atoms with van der Waals surface area (Å²) < 4.78 is 0. The van der Waals surface area contributed by atoms with Gasteiger partial charge < -0.3 is 10.6 Å². The van der Waals surface area contributed by atoms with Crippen LogP contribution in [-0.2, 0) is 4.79 Å². The predicted octanol–water partition coefficient (Wildman–Crippen LogP) is 2.39. The van der Waals surface area contributed by atoms with Crippen LogP contribution in [0.25, 0.3) is 10.8 Å². The molecule has 88 valence electrons. The standard InChI is InChI=1S/C14H16N2O/c1-10(15-2)14(17)16-13-8-7-11-5-3-4-6-12(11)9-13/h3-10,15H,1-2H3,(H,16,17)/t10-/m0/s1. The molecule has 0 saturated carbocycles. The first-order chi connectivity index (χ1) is 8.20. The zero-order valence-corrected chi connectivity index (χ0v) is 10.0. The van der Waals surface area contributed by atoms with Crippen LogP contribution in [0.4, 0.5) is 5.69 Å². The minimum Gasteiger partial charge on any atom is -0.325 e. The van der Waals surface area contributed by atoms with Gasteiger partial charge in [-0.25, -0.2) is 0 Å². The van der Waals surface area contributed by atoms with Crippen LogP contribution in [0.15, 0.2) is 42.5 Å². The minimum atomic E-state index is -0.193. The molecule has 2 aromatic rings. The summed E-state index contributed by atoms with van der Waals surface area (Å²) in [6.07, 6.45) is 0. The van der Waals surface area contributed by atoms with E-state index in [4.69, 9.17) is 0 Å². The van der Waals surface area contributed by atoms with Crippen LogP contribution < -0.4 is 10.6 Å². The van der Waals surface area contributed by atoms with Gasteiger partial charge in [-0.1, -0.05) is 30.3 Å². The van der Waals surface area contributed by atoms with Crippen LogP contribution >= 0.6 is 0 Å². The Balaban J connectivity index is 2.22. The van der Waals surface area contributed by atoms with Crippen LogP contribution in [-0.4, -0.2) is 19.0 Å². The van der Waals surface area contributed by atoms with E-state index in [0.717, 1.165) is 11.1 Å². The first kappa shape index (κ1) is 11.6. The molecule has 0 aliphatic rings. The molecule has 1 atom stereocenters. The molecule has 2 N–H and O–H groups in total. The molecule has 0 aromatic heterocycles. The van der Waals surface area contributed by atoms with Gasteiger partial charge in [-0.05, 0) is 36.9 Å². The van der Waals surface area contributed by atoms with E-state index in [-0.39, 0.29) is 11.9 Å². The Labute approximate surface area is 101 Å². The third-order valence-electron chi connectivity index (χ3n) is 2.84. The first-order valence-electron chi connectivity index (χ1n) is 5.67. The Kier molecular flexibility index (Phi) is 3.40. The lowest BCUT2D eigenvalue weighted by Crippen LogP contribution is -2.35. The van der Waals surface area contributed by atoms with Crippen molar-refractivity contribution in [1.29, 1.82) is 0 Å². The van der Waals surface area contributed by atoms with E-state index in [1.165, 1.54) is 5.39 Å². The highest BCUT2D eigenvalue weighted by Crippen LogP contribution is 2.18. The summed E-state index contributed by atoms with van der Waals surface area (Å²) in [4.78, 5) is 11.7. The average molecular weight is 228 g/mol. The number of fused-ring (bicyclic) bond motifs is 1. The number of likely N-dealkylation sites (N-methyl/N-ethyl adjacent to an activating group) is 1. The van der Waals surface area contributed by atoms with Gasteiger partial charge >= 0.3 is 0 Å². The zero-order chi connectivity index (χ0) is 12.3. The Hall–Kier alpha value is -1.87. The molecule has 2 aromatic carbocycles. The van der Waals surface area contributed by atoms with Crippen molar-refractivity contribution in [2.45, 2.75) is 13.0 Å². The smallest absolute Gasteiger partial charge is 0.241 e. The number of rotatable bonds is 3. The maximum absolute atomic E-state index is 11.7. The van der Waals surface area contributed by atoms with Gasteiger partial charge in [0.1, 0.15) is 0 Å². The lowest BCUT2D eigenvalue weighted by atomic mass is 10.1. The molecule has 2 rings (SSSR count). The summed E-state index contributed by atoms with van der Waals surface area (Å²) in [5, 5.41) is 8.09. The third kappa shape index (κ3) is 2.63. The summed E-state index contributed by atoms with van der Waals surface area (Å²) in [5.74, 6) is -0.0252. The molecule has 0 unspecified atom stereocenters. The quantitative estimate of drug-likeness (QED) is 0.847. The van der Waals surface area contributed by atoms with Crippen LogP contribution in [0, 0.1) is 0 Å². The van der Waals surface area contributed by atoms with E-state index < -0.39 is 0 Å². The highest BCUT2D eigenvalue weighted by Gasteiger charge is 2.09. The molecule has 0 fully saturated rings. The van der Waals surface area contributed by atoms with Gasteiger partial charge in [-0.3, -0.25) is 4.79 Å². The van der Waals surface area contributed by atoms with E-state index in [1.54, 1.807) is 7.05 Å². The van der Waals surface area contributed by atoms with Crippen LogP contribution in [0.2, 0.25) is 0 Å². The minimum absolute atomic E-state index is 0.0252. The van der Waals surface area contributed by atoms with Crippen molar-refractivity contribution >= 4 is 22.4 Å². The molecule has 17 heavy (non-hydrogen) atoms. The maximum Gasteiger partial charge on any atom is 0.241 e. The molecular weight excluding hydrogens is 212 g/mol. The first-order valence-corrected chi connectivity index (χ1v) is 5.67. The third-order valence-corrected chi connectivity index (χ3v) is 2.84. The van der Waals surface area contributed by atoms with E-state index in [0.29, 0.717) is 0 Å². The number of amides is 1. The summed E-state index contributed by atoms with van der Waals surface area (Å²) >= 11 is 0. The summed E-state index contributed by atoms with van der Waals surface area (Å²) in [6, 6.07) is 13.8. The largest absolute Gasteiger partial charge is 0.325 e. The van der Waals surface area contributed by atoms with E-state index >= 15 is 0 Å². The number of hydrogen-bond donors (Lipinski definition) is 2. The molecule has 0 aliphatic heterocycles. The Bertz CT molecular complexity index is 536. The van der Waals surface area contributed by atoms with Crippen molar-refractivity contribution in [1.82, 2.24) is 5.32 Å². The maximum atomic E-state index is 11.7. The molecule has 3 heteroatoms. The summed E-state index contributed by atoms with van der Waals surface area (Å²) in [6.45, 7) is 1.83. The van der Waals surface area contributed by atoms with Crippen molar-refractivity contribution in [3.05, 3.63) is 42.5 Å². The van der Waals surface area contributed by atoms with Crippen molar-refractivity contribution in [2.75, 3.05) is 12.4 Å². The number of nitrogens with one attached hydrogen (secondary N) is 2. The Morgan fingerprint density at radius 2 is 1.82 bits per heavy atom. The fraction of sp³-hybridized carbons (Fsp3) is 0.214. The fourth-order valence-corrected chi connectivity index (χ4v) is 1.65. The Morgan fingerprint density at radius 3 is 2.53 bits per heavy atom. The molecule has 0 bridgehead atoms. The van der Waals surface area contributed by atoms with Crippen molar-refractivity contribution in [2.24, 2.45) is 0 Å². The van der Waals surface area contributed by atoms with Gasteiger partial charge in [0.2, 0.25) is 5.91 Å². The average Bonchev–Trinajstić information content (AvgIpc) is 2.37. The van der Waals surface area contributed by atoms with Crippen LogP contribution in [0.3, 0.4) is 0 Å². The van der Waals surface area contributed by atoms with Crippen molar-refractivity contribution in [3.8, 4) is 0 Å². The number of anilines is 1. The van der Waals surface area contributed by atoms with Gasteiger partial charge in [0, 0.05) is 5.69 Å². The SMILES string of the molecule is CN[C@@H](C)C(=O)Nc1ccc2ccccc2c1. The molecular formula is C14H16N2O. The highest BCUT2D eigenvalue weighted by molar-refractivity contribution is 5.97. The van der Waals surface area contributed by atoms with Crippen LogP contribution in [0.5, 0.6) is 0 Å². The lowest BCUT2D eigenvalue weighted by molar-refractivity contribution is -0.117. The van der Waals surface area contributed by atoms with Gasteiger partial charge in [0.15, 0.2) is 0 Å². The molecule has 1 amide bonds. The normalized spacial score (nSPS) is 12.4. The van der Waals surface area contributed by atoms with E-state index in [2.05, 4.69) is 16.7 Å². The fourth-order valence-electron chi connectivity index (χ4n) is 1.65. The van der Waals surface area contributed by atoms with Gasteiger partial charge in [-0.15, -0.1) is 0 Å². The predicted molar refractivity (Wildman–Crippen MR) is 71.1 cm³/mol. The molecule has 3 nitrogen and oxygen atoms in total. The number of hydrogen-bond acceptors (Lipinski definition) is 2. The summed E-state index contributed by atoms with van der Waals surface area (Å²) in [5.41, 5.74) is 0.829.